The van der Waals surface area contributed by atoms with Gasteiger partial charge in [-0.1, -0.05) is 19.9 Å². The second kappa shape index (κ2) is 4.80. The van der Waals surface area contributed by atoms with Crippen molar-refractivity contribution in [2.75, 3.05) is 5.32 Å². The van der Waals surface area contributed by atoms with E-state index in [0.717, 1.165) is 18.5 Å². The van der Waals surface area contributed by atoms with Crippen molar-refractivity contribution in [3.63, 3.8) is 0 Å². The molecular weight excluding hydrogens is 174 g/mol. The molecule has 76 valence electrons. The van der Waals surface area contributed by atoms with Crippen LogP contribution in [0.3, 0.4) is 0 Å². The second-order valence-electron chi connectivity index (χ2n) is 3.43. The SMILES string of the molecule is CCc1cc(CC)cc(NC(C)=O)c1. The molecule has 0 aliphatic heterocycles. The number of carbonyl (C=O) groups is 1. The summed E-state index contributed by atoms with van der Waals surface area (Å²) < 4.78 is 0. The third-order valence-corrected chi connectivity index (χ3v) is 2.19. The van der Waals surface area contributed by atoms with Crippen molar-refractivity contribution in [3.8, 4) is 0 Å². The first-order valence-corrected chi connectivity index (χ1v) is 5.06. The van der Waals surface area contributed by atoms with Crippen LogP contribution in [-0.4, -0.2) is 5.91 Å². The van der Waals surface area contributed by atoms with E-state index in [1.54, 1.807) is 0 Å². The maximum atomic E-state index is 10.9. The average molecular weight is 191 g/mol. The summed E-state index contributed by atoms with van der Waals surface area (Å²) in [4.78, 5) is 10.9. The third-order valence-electron chi connectivity index (χ3n) is 2.19. The lowest BCUT2D eigenvalue weighted by Gasteiger charge is -2.07. The third kappa shape index (κ3) is 2.87. The van der Waals surface area contributed by atoms with Crippen LogP contribution in [-0.2, 0) is 17.6 Å². The van der Waals surface area contributed by atoms with Crippen molar-refractivity contribution in [1.82, 2.24) is 0 Å². The van der Waals surface area contributed by atoms with Crippen LogP contribution in [0.15, 0.2) is 18.2 Å². The molecule has 0 bridgehead atoms. The molecule has 0 radical (unpaired) electrons. The van der Waals surface area contributed by atoms with Crippen molar-refractivity contribution in [2.24, 2.45) is 0 Å². The zero-order valence-electron chi connectivity index (χ0n) is 9.05. The summed E-state index contributed by atoms with van der Waals surface area (Å²) in [6.07, 6.45) is 2.00. The summed E-state index contributed by atoms with van der Waals surface area (Å²) in [7, 11) is 0. The Kier molecular flexibility index (Phi) is 3.69. The Labute approximate surface area is 85.3 Å². The number of rotatable bonds is 3. The number of aryl methyl sites for hydroxylation is 2. The first-order chi connectivity index (χ1) is 6.65. The molecule has 14 heavy (non-hydrogen) atoms. The fraction of sp³-hybridized carbons (Fsp3) is 0.417. The van der Waals surface area contributed by atoms with Crippen LogP contribution in [0.4, 0.5) is 5.69 Å². The fourth-order valence-corrected chi connectivity index (χ4v) is 1.45. The van der Waals surface area contributed by atoms with Crippen molar-refractivity contribution in [3.05, 3.63) is 29.3 Å². The number of nitrogens with one attached hydrogen (secondary N) is 1. The second-order valence-corrected chi connectivity index (χ2v) is 3.43. The minimum absolute atomic E-state index is 0.0136. The monoisotopic (exact) mass is 191 g/mol. The number of benzene rings is 1. The molecule has 0 aromatic heterocycles. The van der Waals surface area contributed by atoms with Gasteiger partial charge >= 0.3 is 0 Å². The number of hydrogen-bond acceptors (Lipinski definition) is 1. The van der Waals surface area contributed by atoms with Gasteiger partial charge in [0.15, 0.2) is 0 Å². The van der Waals surface area contributed by atoms with Gasteiger partial charge in [-0.3, -0.25) is 4.79 Å². The van der Waals surface area contributed by atoms with Crippen LogP contribution in [0, 0.1) is 0 Å². The molecule has 0 aliphatic carbocycles. The molecule has 1 amide bonds. The molecule has 0 atom stereocenters. The Bertz CT molecular complexity index is 309. The highest BCUT2D eigenvalue weighted by Crippen LogP contribution is 2.16. The smallest absolute Gasteiger partial charge is 0.221 e. The van der Waals surface area contributed by atoms with Gasteiger partial charge in [0.2, 0.25) is 5.91 Å². The topological polar surface area (TPSA) is 29.1 Å². The maximum Gasteiger partial charge on any atom is 0.221 e. The zero-order chi connectivity index (χ0) is 10.6. The Morgan fingerprint density at radius 3 is 2.00 bits per heavy atom. The number of anilines is 1. The Balaban J connectivity index is 2.98. The van der Waals surface area contributed by atoms with E-state index in [1.165, 1.54) is 18.1 Å². The van der Waals surface area contributed by atoms with Crippen molar-refractivity contribution >= 4 is 11.6 Å². The number of amides is 1. The summed E-state index contributed by atoms with van der Waals surface area (Å²) >= 11 is 0. The van der Waals surface area contributed by atoms with Crippen LogP contribution in [0.25, 0.3) is 0 Å². The standard InChI is InChI=1S/C12H17NO/c1-4-10-6-11(5-2)8-12(7-10)13-9(3)14/h6-8H,4-5H2,1-3H3,(H,13,14). The van der Waals surface area contributed by atoms with E-state index in [0.29, 0.717) is 0 Å². The maximum absolute atomic E-state index is 10.9. The van der Waals surface area contributed by atoms with Gasteiger partial charge in [0.25, 0.3) is 0 Å². The fourth-order valence-electron chi connectivity index (χ4n) is 1.45. The average Bonchev–Trinajstić information content (AvgIpc) is 2.16. The van der Waals surface area contributed by atoms with Crippen LogP contribution in [0.1, 0.15) is 31.9 Å². The van der Waals surface area contributed by atoms with Gasteiger partial charge in [0.05, 0.1) is 0 Å². The predicted octanol–water partition coefficient (Wildman–Crippen LogP) is 2.77. The van der Waals surface area contributed by atoms with Gasteiger partial charge in [-0.2, -0.15) is 0 Å². The van der Waals surface area contributed by atoms with Gasteiger partial charge in [0.1, 0.15) is 0 Å². The van der Waals surface area contributed by atoms with E-state index >= 15 is 0 Å². The van der Waals surface area contributed by atoms with Crippen LogP contribution >= 0.6 is 0 Å². The first kappa shape index (κ1) is 10.8. The summed E-state index contributed by atoms with van der Waals surface area (Å²) in [6.45, 7) is 5.77. The first-order valence-electron chi connectivity index (χ1n) is 5.06. The largest absolute Gasteiger partial charge is 0.326 e. The Hall–Kier alpha value is -1.31. The van der Waals surface area contributed by atoms with E-state index in [-0.39, 0.29) is 5.91 Å². The molecule has 0 fully saturated rings. The molecule has 0 saturated heterocycles. The van der Waals surface area contributed by atoms with Gasteiger partial charge < -0.3 is 5.32 Å². The molecule has 0 spiro atoms. The van der Waals surface area contributed by atoms with Gasteiger partial charge in [-0.15, -0.1) is 0 Å². The van der Waals surface area contributed by atoms with Crippen LogP contribution in [0.2, 0.25) is 0 Å². The van der Waals surface area contributed by atoms with E-state index in [9.17, 15) is 4.79 Å². The highest BCUT2D eigenvalue weighted by atomic mass is 16.1. The Morgan fingerprint density at radius 1 is 1.14 bits per heavy atom. The molecule has 1 aromatic rings. The molecule has 2 heteroatoms. The summed E-state index contributed by atoms with van der Waals surface area (Å²) in [5.41, 5.74) is 3.45. The zero-order valence-corrected chi connectivity index (χ0v) is 9.05. The minimum Gasteiger partial charge on any atom is -0.326 e. The van der Waals surface area contributed by atoms with E-state index in [2.05, 4.69) is 25.2 Å². The molecule has 0 aliphatic rings. The van der Waals surface area contributed by atoms with Gasteiger partial charge in [0, 0.05) is 12.6 Å². The van der Waals surface area contributed by atoms with E-state index in [4.69, 9.17) is 0 Å². The Morgan fingerprint density at radius 2 is 1.64 bits per heavy atom. The summed E-state index contributed by atoms with van der Waals surface area (Å²) in [5, 5.41) is 2.82. The molecule has 1 N–H and O–H groups in total. The lowest BCUT2D eigenvalue weighted by molar-refractivity contribution is -0.114. The molecule has 0 unspecified atom stereocenters. The molecule has 0 saturated carbocycles. The van der Waals surface area contributed by atoms with Gasteiger partial charge in [-0.05, 0) is 36.1 Å². The highest BCUT2D eigenvalue weighted by molar-refractivity contribution is 5.88. The van der Waals surface area contributed by atoms with Crippen LogP contribution in [0.5, 0.6) is 0 Å². The summed E-state index contributed by atoms with van der Waals surface area (Å²) in [5.74, 6) is -0.0136. The van der Waals surface area contributed by atoms with Crippen LogP contribution < -0.4 is 5.32 Å². The molecule has 1 rings (SSSR count). The lowest BCUT2D eigenvalue weighted by atomic mass is 10.1. The van der Waals surface area contributed by atoms with E-state index < -0.39 is 0 Å². The lowest BCUT2D eigenvalue weighted by Crippen LogP contribution is -2.06. The minimum atomic E-state index is -0.0136. The molecule has 2 nitrogen and oxygen atoms in total. The van der Waals surface area contributed by atoms with Crippen molar-refractivity contribution < 1.29 is 4.79 Å². The summed E-state index contributed by atoms with van der Waals surface area (Å²) in [6, 6.07) is 6.24. The molecule has 1 aromatic carbocycles. The normalized spacial score (nSPS) is 9.93. The van der Waals surface area contributed by atoms with Crippen molar-refractivity contribution in [2.45, 2.75) is 33.6 Å². The highest BCUT2D eigenvalue weighted by Gasteiger charge is 2.00. The van der Waals surface area contributed by atoms with Crippen molar-refractivity contribution in [1.29, 1.82) is 0 Å². The number of hydrogen-bond donors (Lipinski definition) is 1. The van der Waals surface area contributed by atoms with Gasteiger partial charge in [-0.25, -0.2) is 0 Å². The molecule has 0 heterocycles. The predicted molar refractivity (Wildman–Crippen MR) is 59.5 cm³/mol. The quantitative estimate of drug-likeness (QED) is 0.782. The number of carbonyl (C=O) groups excluding carboxylic acids is 1. The molecular formula is C12H17NO. The van der Waals surface area contributed by atoms with E-state index in [1.807, 2.05) is 12.1 Å².